The molecule has 4 bridgehead atoms. The lowest BCUT2D eigenvalue weighted by atomic mass is 9.48. The Morgan fingerprint density at radius 1 is 1.12 bits per heavy atom. The first-order chi connectivity index (χ1) is 7.86. The molecule has 4 saturated carbocycles. The van der Waals surface area contributed by atoms with Gasteiger partial charge in [0.05, 0.1) is 0 Å². The van der Waals surface area contributed by atoms with Gasteiger partial charge in [0.25, 0.3) is 0 Å². The Hall–Kier alpha value is -0.370. The summed E-state index contributed by atoms with van der Waals surface area (Å²) in [5, 5.41) is 0. The number of rotatable bonds is 3. The molecule has 0 aromatic rings. The van der Waals surface area contributed by atoms with E-state index in [9.17, 15) is 4.79 Å². The van der Waals surface area contributed by atoms with Gasteiger partial charge in [0.2, 0.25) is 0 Å². The van der Waals surface area contributed by atoms with Crippen LogP contribution in [-0.4, -0.2) is 11.3 Å². The third kappa shape index (κ3) is 2.05. The van der Waals surface area contributed by atoms with Crippen LogP contribution in [0.2, 0.25) is 0 Å². The minimum Gasteiger partial charge on any atom is -0.325 e. The van der Waals surface area contributed by atoms with E-state index in [0.29, 0.717) is 12.2 Å². The molecular formula is C15H25NO. The van der Waals surface area contributed by atoms with Gasteiger partial charge < -0.3 is 5.73 Å². The quantitative estimate of drug-likeness (QED) is 0.817. The standard InChI is InChI=1S/C15H25NO/c1-14(2,16)9-13(17)15-6-10-3-11(7-15)5-12(4-10)8-15/h10-12H,3-9,16H2,1-2H3. The first-order valence-corrected chi connectivity index (χ1v) is 7.18. The fraction of sp³-hybridized carbons (Fsp3) is 0.933. The molecule has 0 atom stereocenters. The Morgan fingerprint density at radius 3 is 1.88 bits per heavy atom. The maximum absolute atomic E-state index is 12.6. The van der Waals surface area contributed by atoms with E-state index >= 15 is 0 Å². The highest BCUT2D eigenvalue weighted by Gasteiger charge is 2.54. The normalized spacial score (nSPS) is 44.1. The summed E-state index contributed by atoms with van der Waals surface area (Å²) in [6, 6.07) is 0. The summed E-state index contributed by atoms with van der Waals surface area (Å²) in [4.78, 5) is 12.6. The Kier molecular flexibility index (Phi) is 2.46. The van der Waals surface area contributed by atoms with E-state index < -0.39 is 0 Å². The molecule has 2 heteroatoms. The third-order valence-electron chi connectivity index (χ3n) is 5.25. The van der Waals surface area contributed by atoms with Gasteiger partial charge in [-0.25, -0.2) is 0 Å². The van der Waals surface area contributed by atoms with Crippen molar-refractivity contribution in [3.05, 3.63) is 0 Å². The van der Waals surface area contributed by atoms with Crippen LogP contribution in [-0.2, 0) is 4.79 Å². The SMILES string of the molecule is CC(C)(N)CC(=O)C12CC3CC(CC(C3)C1)C2. The Labute approximate surface area is 104 Å². The third-order valence-corrected chi connectivity index (χ3v) is 5.25. The minimum absolute atomic E-state index is 0.0470. The van der Waals surface area contributed by atoms with Crippen molar-refractivity contribution in [1.82, 2.24) is 0 Å². The number of Topliss-reactive ketones (excluding diaryl/α,β-unsaturated/α-hetero) is 1. The van der Waals surface area contributed by atoms with Crippen molar-refractivity contribution in [1.29, 1.82) is 0 Å². The molecule has 4 fully saturated rings. The topological polar surface area (TPSA) is 43.1 Å². The molecule has 0 spiro atoms. The first-order valence-electron chi connectivity index (χ1n) is 7.18. The van der Waals surface area contributed by atoms with Gasteiger partial charge in [0.1, 0.15) is 5.78 Å². The van der Waals surface area contributed by atoms with Crippen molar-refractivity contribution >= 4 is 5.78 Å². The number of nitrogens with two attached hydrogens (primary N) is 1. The molecular weight excluding hydrogens is 210 g/mol. The summed E-state index contributed by atoms with van der Waals surface area (Å²) in [6.45, 7) is 3.96. The van der Waals surface area contributed by atoms with Crippen molar-refractivity contribution in [2.75, 3.05) is 0 Å². The van der Waals surface area contributed by atoms with Gasteiger partial charge in [0, 0.05) is 17.4 Å². The average molecular weight is 235 g/mol. The van der Waals surface area contributed by atoms with Crippen LogP contribution in [0.1, 0.15) is 58.8 Å². The van der Waals surface area contributed by atoms with Gasteiger partial charge in [-0.05, 0) is 70.1 Å². The van der Waals surface area contributed by atoms with E-state index in [1.165, 1.54) is 38.5 Å². The lowest BCUT2D eigenvalue weighted by Crippen LogP contribution is -2.52. The van der Waals surface area contributed by atoms with Gasteiger partial charge in [-0.3, -0.25) is 4.79 Å². The van der Waals surface area contributed by atoms with Crippen LogP contribution in [0.15, 0.2) is 0 Å². The Bertz CT molecular complexity index is 304. The number of ketones is 1. The minimum atomic E-state index is -0.333. The Balaban J connectivity index is 1.80. The van der Waals surface area contributed by atoms with E-state index in [1.54, 1.807) is 0 Å². The van der Waals surface area contributed by atoms with E-state index in [1.807, 2.05) is 13.8 Å². The molecule has 2 nitrogen and oxygen atoms in total. The van der Waals surface area contributed by atoms with Crippen LogP contribution in [0.4, 0.5) is 0 Å². The molecule has 4 aliphatic carbocycles. The van der Waals surface area contributed by atoms with Gasteiger partial charge in [-0.15, -0.1) is 0 Å². The number of carbonyl (C=O) groups is 1. The fourth-order valence-electron chi connectivity index (χ4n) is 5.05. The van der Waals surface area contributed by atoms with Crippen LogP contribution in [0.3, 0.4) is 0 Å². The summed E-state index contributed by atoms with van der Waals surface area (Å²) in [5.74, 6) is 3.03. The molecule has 0 aromatic carbocycles. The molecule has 0 amide bonds. The number of hydrogen-bond donors (Lipinski definition) is 1. The summed E-state index contributed by atoms with van der Waals surface area (Å²) in [5.41, 5.74) is 5.75. The second-order valence-electron chi connectivity index (χ2n) is 7.79. The highest BCUT2D eigenvalue weighted by molar-refractivity contribution is 5.86. The molecule has 4 aliphatic rings. The van der Waals surface area contributed by atoms with Crippen LogP contribution in [0, 0.1) is 23.2 Å². The monoisotopic (exact) mass is 235 g/mol. The predicted octanol–water partition coefficient (Wildman–Crippen LogP) is 2.90. The van der Waals surface area contributed by atoms with E-state index in [-0.39, 0.29) is 11.0 Å². The van der Waals surface area contributed by atoms with Crippen molar-refractivity contribution in [3.63, 3.8) is 0 Å². The smallest absolute Gasteiger partial charge is 0.140 e. The van der Waals surface area contributed by atoms with Crippen molar-refractivity contribution in [3.8, 4) is 0 Å². The van der Waals surface area contributed by atoms with Crippen LogP contribution in [0.25, 0.3) is 0 Å². The van der Waals surface area contributed by atoms with Gasteiger partial charge >= 0.3 is 0 Å². The van der Waals surface area contributed by atoms with Crippen LogP contribution < -0.4 is 5.73 Å². The molecule has 0 heterocycles. The largest absolute Gasteiger partial charge is 0.325 e. The Morgan fingerprint density at radius 2 is 1.53 bits per heavy atom. The summed E-state index contributed by atoms with van der Waals surface area (Å²) < 4.78 is 0. The zero-order chi connectivity index (χ0) is 12.3. The number of hydrogen-bond acceptors (Lipinski definition) is 2. The van der Waals surface area contributed by atoms with Gasteiger partial charge in [0.15, 0.2) is 0 Å². The van der Waals surface area contributed by atoms with E-state index in [2.05, 4.69) is 0 Å². The van der Waals surface area contributed by atoms with Crippen molar-refractivity contribution < 1.29 is 4.79 Å². The average Bonchev–Trinajstić information content (AvgIpc) is 2.12. The summed E-state index contributed by atoms with van der Waals surface area (Å²) >= 11 is 0. The maximum atomic E-state index is 12.6. The summed E-state index contributed by atoms with van der Waals surface area (Å²) in [6.07, 6.45) is 8.30. The first kappa shape index (κ1) is 11.7. The van der Waals surface area contributed by atoms with Crippen molar-refractivity contribution in [2.24, 2.45) is 28.9 Å². The van der Waals surface area contributed by atoms with Crippen LogP contribution >= 0.6 is 0 Å². The zero-order valence-electron chi connectivity index (χ0n) is 11.2. The van der Waals surface area contributed by atoms with Crippen molar-refractivity contribution in [2.45, 2.75) is 64.3 Å². The fourth-order valence-corrected chi connectivity index (χ4v) is 5.05. The summed E-state index contributed by atoms with van der Waals surface area (Å²) in [7, 11) is 0. The lowest BCUT2D eigenvalue weighted by Gasteiger charge is -2.56. The molecule has 2 N–H and O–H groups in total. The molecule has 96 valence electrons. The number of carbonyl (C=O) groups excluding carboxylic acids is 1. The maximum Gasteiger partial charge on any atom is 0.140 e. The van der Waals surface area contributed by atoms with Crippen LogP contribution in [0.5, 0.6) is 0 Å². The van der Waals surface area contributed by atoms with E-state index in [0.717, 1.165) is 17.8 Å². The molecule has 4 rings (SSSR count). The molecule has 0 aromatic heterocycles. The molecule has 0 aliphatic heterocycles. The molecule has 0 saturated heterocycles. The lowest BCUT2D eigenvalue weighted by molar-refractivity contribution is -0.144. The molecule has 0 radical (unpaired) electrons. The highest BCUT2D eigenvalue weighted by atomic mass is 16.1. The molecule has 0 unspecified atom stereocenters. The predicted molar refractivity (Wildman–Crippen MR) is 68.5 cm³/mol. The zero-order valence-corrected chi connectivity index (χ0v) is 11.2. The van der Waals surface area contributed by atoms with E-state index in [4.69, 9.17) is 5.73 Å². The second-order valence-corrected chi connectivity index (χ2v) is 7.79. The second kappa shape index (κ2) is 3.57. The van der Waals surface area contributed by atoms with Gasteiger partial charge in [-0.1, -0.05) is 0 Å². The highest BCUT2D eigenvalue weighted by Crippen LogP contribution is 2.60. The van der Waals surface area contributed by atoms with Gasteiger partial charge in [-0.2, -0.15) is 0 Å². The molecule has 17 heavy (non-hydrogen) atoms.